The molecule has 114 valence electrons. The molecule has 1 aliphatic heterocycles. The maximum atomic E-state index is 13.6. The van der Waals surface area contributed by atoms with Crippen molar-refractivity contribution in [2.24, 2.45) is 5.92 Å². The molecule has 0 amide bonds. The van der Waals surface area contributed by atoms with Gasteiger partial charge in [-0.2, -0.15) is 5.10 Å². The highest BCUT2D eigenvalue weighted by atomic mass is 35.5. The summed E-state index contributed by atoms with van der Waals surface area (Å²) in [5, 5.41) is 7.52. The molecule has 0 aliphatic carbocycles. The van der Waals surface area contributed by atoms with Gasteiger partial charge < -0.3 is 10.1 Å². The number of hydrogen-bond donors (Lipinski definition) is 1. The minimum atomic E-state index is -0.206. The number of halogens is 2. The molecule has 1 aromatic heterocycles. The maximum Gasteiger partial charge on any atom is 0.157 e. The van der Waals surface area contributed by atoms with Gasteiger partial charge in [-0.25, -0.2) is 4.39 Å². The van der Waals surface area contributed by atoms with Crippen molar-refractivity contribution in [3.8, 4) is 5.75 Å². The van der Waals surface area contributed by atoms with Gasteiger partial charge in [0.2, 0.25) is 0 Å². The lowest BCUT2D eigenvalue weighted by Crippen LogP contribution is -2.15. The van der Waals surface area contributed by atoms with Crippen molar-refractivity contribution < 1.29 is 9.13 Å². The van der Waals surface area contributed by atoms with Crippen molar-refractivity contribution >= 4 is 12.4 Å². The molecule has 0 bridgehead atoms. The minimum Gasteiger partial charge on any atom is -0.490 e. The third kappa shape index (κ3) is 4.19. The third-order valence-electron chi connectivity index (χ3n) is 3.55. The van der Waals surface area contributed by atoms with Gasteiger partial charge in [-0.1, -0.05) is 18.2 Å². The molecule has 0 radical (unpaired) electrons. The van der Waals surface area contributed by atoms with E-state index in [0.717, 1.165) is 25.3 Å². The molecule has 0 spiro atoms. The second-order valence-corrected chi connectivity index (χ2v) is 5.13. The summed E-state index contributed by atoms with van der Waals surface area (Å²) in [6.07, 6.45) is 4.65. The Balaban J connectivity index is 0.00000161. The number of rotatable bonds is 5. The van der Waals surface area contributed by atoms with Crippen LogP contribution in [0.2, 0.25) is 0 Å². The highest BCUT2D eigenvalue weighted by Crippen LogP contribution is 2.15. The number of aromatic nitrogens is 2. The van der Waals surface area contributed by atoms with Gasteiger partial charge in [-0.3, -0.25) is 4.68 Å². The van der Waals surface area contributed by atoms with Crippen LogP contribution in [0.1, 0.15) is 12.0 Å². The maximum absolute atomic E-state index is 13.6. The van der Waals surface area contributed by atoms with Crippen LogP contribution in [0.5, 0.6) is 5.75 Å². The average Bonchev–Trinajstić information content (AvgIpc) is 3.10. The van der Waals surface area contributed by atoms with Gasteiger partial charge in [-0.15, -0.1) is 12.4 Å². The van der Waals surface area contributed by atoms with E-state index in [2.05, 4.69) is 10.4 Å². The van der Waals surface area contributed by atoms with Gasteiger partial charge in [0.1, 0.15) is 5.82 Å². The van der Waals surface area contributed by atoms with Crippen molar-refractivity contribution in [2.75, 3.05) is 19.7 Å². The lowest BCUT2D eigenvalue weighted by molar-refractivity contribution is 0.260. The predicted molar refractivity (Wildman–Crippen MR) is 81.4 cm³/mol. The molecular formula is C15H19ClFN3O. The second kappa shape index (κ2) is 7.43. The number of benzene rings is 1. The molecule has 1 unspecified atom stereocenters. The summed E-state index contributed by atoms with van der Waals surface area (Å²) >= 11 is 0. The number of nitrogens with one attached hydrogen (secondary N) is 1. The highest BCUT2D eigenvalue weighted by Gasteiger charge is 2.15. The Bertz CT molecular complexity index is 570. The van der Waals surface area contributed by atoms with Crippen LogP contribution in [0.4, 0.5) is 4.39 Å². The summed E-state index contributed by atoms with van der Waals surface area (Å²) in [4.78, 5) is 0. The molecule has 6 heteroatoms. The quantitative estimate of drug-likeness (QED) is 0.922. The molecule has 1 atom stereocenters. The summed E-state index contributed by atoms with van der Waals surface area (Å²) < 4.78 is 21.0. The van der Waals surface area contributed by atoms with Crippen molar-refractivity contribution in [1.29, 1.82) is 0 Å². The number of hydrogen-bond acceptors (Lipinski definition) is 3. The van der Waals surface area contributed by atoms with Crippen LogP contribution in [-0.2, 0) is 6.54 Å². The first-order valence-electron chi connectivity index (χ1n) is 6.90. The molecule has 1 saturated heterocycles. The Morgan fingerprint density at radius 2 is 2.24 bits per heavy atom. The Kier molecular flexibility index (Phi) is 5.59. The van der Waals surface area contributed by atoms with E-state index in [4.69, 9.17) is 4.74 Å². The van der Waals surface area contributed by atoms with E-state index in [-0.39, 0.29) is 18.2 Å². The summed E-state index contributed by atoms with van der Waals surface area (Å²) in [5.74, 6) is 1.11. The second-order valence-electron chi connectivity index (χ2n) is 5.13. The van der Waals surface area contributed by atoms with Gasteiger partial charge in [0, 0.05) is 18.0 Å². The van der Waals surface area contributed by atoms with Crippen molar-refractivity contribution in [2.45, 2.75) is 13.0 Å². The van der Waals surface area contributed by atoms with Crippen molar-refractivity contribution in [1.82, 2.24) is 15.1 Å². The Morgan fingerprint density at radius 1 is 1.38 bits per heavy atom. The summed E-state index contributed by atoms with van der Waals surface area (Å²) in [7, 11) is 0. The zero-order valence-corrected chi connectivity index (χ0v) is 12.5. The van der Waals surface area contributed by atoms with E-state index in [1.54, 1.807) is 23.0 Å². The summed E-state index contributed by atoms with van der Waals surface area (Å²) in [6.45, 7) is 3.21. The smallest absolute Gasteiger partial charge is 0.157 e. The standard InChI is InChI=1S/C15H18FN3O.ClH/c16-15-4-2-1-3-13(15)9-19-10-14(8-18-19)20-11-12-5-6-17-7-12;/h1-4,8,10,12,17H,5-7,9,11H2;1H. The molecule has 1 fully saturated rings. The first-order chi connectivity index (χ1) is 9.81. The zero-order chi connectivity index (χ0) is 13.8. The molecule has 1 N–H and O–H groups in total. The normalized spacial score (nSPS) is 17.5. The predicted octanol–water partition coefficient (Wildman–Crippen LogP) is 2.48. The van der Waals surface area contributed by atoms with Gasteiger partial charge in [0.15, 0.2) is 5.75 Å². The first kappa shape index (κ1) is 15.8. The number of nitrogens with zero attached hydrogens (tertiary/aromatic N) is 2. The van der Waals surface area contributed by atoms with E-state index in [1.165, 1.54) is 6.07 Å². The lowest BCUT2D eigenvalue weighted by atomic mass is 10.1. The fourth-order valence-electron chi connectivity index (χ4n) is 2.38. The monoisotopic (exact) mass is 311 g/mol. The Hall–Kier alpha value is -1.59. The van der Waals surface area contributed by atoms with E-state index in [0.29, 0.717) is 24.6 Å². The molecule has 0 saturated carbocycles. The Labute approximate surface area is 129 Å². The van der Waals surface area contributed by atoms with Crippen molar-refractivity contribution in [3.63, 3.8) is 0 Å². The third-order valence-corrected chi connectivity index (χ3v) is 3.55. The summed E-state index contributed by atoms with van der Waals surface area (Å²) in [6, 6.07) is 6.74. The summed E-state index contributed by atoms with van der Waals surface area (Å²) in [5.41, 5.74) is 0.627. The van der Waals surface area contributed by atoms with E-state index in [9.17, 15) is 4.39 Å². The Morgan fingerprint density at radius 3 is 3.00 bits per heavy atom. The van der Waals surface area contributed by atoms with Crippen LogP contribution in [0.15, 0.2) is 36.7 Å². The molecule has 2 heterocycles. The van der Waals surface area contributed by atoms with Crippen LogP contribution in [0.25, 0.3) is 0 Å². The van der Waals surface area contributed by atoms with Gasteiger partial charge in [0.05, 0.1) is 25.5 Å². The van der Waals surface area contributed by atoms with Crippen LogP contribution in [0, 0.1) is 11.7 Å². The molecular weight excluding hydrogens is 293 g/mol. The van der Waals surface area contributed by atoms with Crippen LogP contribution >= 0.6 is 12.4 Å². The van der Waals surface area contributed by atoms with Crippen molar-refractivity contribution in [3.05, 3.63) is 48.0 Å². The molecule has 3 rings (SSSR count). The first-order valence-corrected chi connectivity index (χ1v) is 6.90. The van der Waals surface area contributed by atoms with E-state index < -0.39 is 0 Å². The molecule has 1 aromatic carbocycles. The molecule has 21 heavy (non-hydrogen) atoms. The topological polar surface area (TPSA) is 39.1 Å². The van der Waals surface area contributed by atoms with Crippen LogP contribution < -0.4 is 10.1 Å². The molecule has 2 aromatic rings. The SMILES string of the molecule is Cl.Fc1ccccc1Cn1cc(OCC2CCNC2)cn1. The van der Waals surface area contributed by atoms with E-state index in [1.807, 2.05) is 12.3 Å². The van der Waals surface area contributed by atoms with Gasteiger partial charge in [-0.05, 0) is 19.0 Å². The zero-order valence-electron chi connectivity index (χ0n) is 11.7. The average molecular weight is 312 g/mol. The number of ether oxygens (including phenoxy) is 1. The molecule has 4 nitrogen and oxygen atoms in total. The molecule has 1 aliphatic rings. The van der Waals surface area contributed by atoms with Crippen LogP contribution in [0.3, 0.4) is 0 Å². The minimum absolute atomic E-state index is 0. The van der Waals surface area contributed by atoms with E-state index >= 15 is 0 Å². The lowest BCUT2D eigenvalue weighted by Gasteiger charge is -2.08. The highest BCUT2D eigenvalue weighted by molar-refractivity contribution is 5.85. The fraction of sp³-hybridized carbons (Fsp3) is 0.400. The largest absolute Gasteiger partial charge is 0.490 e. The fourth-order valence-corrected chi connectivity index (χ4v) is 2.38. The van der Waals surface area contributed by atoms with Gasteiger partial charge >= 0.3 is 0 Å². The van der Waals surface area contributed by atoms with Gasteiger partial charge in [0.25, 0.3) is 0 Å². The van der Waals surface area contributed by atoms with Crippen LogP contribution in [-0.4, -0.2) is 29.5 Å².